The van der Waals surface area contributed by atoms with E-state index in [1.807, 2.05) is 27.7 Å². The fourth-order valence-corrected chi connectivity index (χ4v) is 3.48. The zero-order chi connectivity index (χ0) is 19.9. The number of nitrogens with one attached hydrogen (secondary N) is 1. The van der Waals surface area contributed by atoms with Crippen LogP contribution in [0.4, 0.5) is 0 Å². The van der Waals surface area contributed by atoms with E-state index in [-0.39, 0.29) is 41.6 Å². The maximum atomic E-state index is 12.2. The van der Waals surface area contributed by atoms with Gasteiger partial charge < -0.3 is 9.64 Å². The lowest BCUT2D eigenvalue weighted by atomic mass is 10.2. The lowest BCUT2D eigenvalue weighted by Crippen LogP contribution is -2.44. The summed E-state index contributed by atoms with van der Waals surface area (Å²) in [5.74, 6) is -0.968. The molecule has 0 radical (unpaired) electrons. The van der Waals surface area contributed by atoms with Crippen LogP contribution in [-0.2, 0) is 19.6 Å². The summed E-state index contributed by atoms with van der Waals surface area (Å²) in [7, 11) is -3.66. The maximum Gasteiger partial charge on any atom is 0.338 e. The Bertz CT molecular complexity index is 731. The molecule has 144 valence electrons. The Kier molecular flexibility index (Phi) is 7.98. The Morgan fingerprint density at radius 1 is 1.15 bits per heavy atom. The van der Waals surface area contributed by atoms with Crippen molar-refractivity contribution in [1.82, 2.24) is 9.62 Å². The van der Waals surface area contributed by atoms with Crippen LogP contribution in [-0.4, -0.2) is 50.4 Å². The van der Waals surface area contributed by atoms with Crippen LogP contribution in [0.5, 0.6) is 0 Å². The Morgan fingerprint density at radius 2 is 1.69 bits per heavy atom. The second-order valence-electron chi connectivity index (χ2n) is 6.23. The van der Waals surface area contributed by atoms with E-state index in [1.165, 1.54) is 30.3 Å². The van der Waals surface area contributed by atoms with Crippen molar-refractivity contribution in [1.29, 1.82) is 0 Å². The van der Waals surface area contributed by atoms with Crippen molar-refractivity contribution in [2.24, 2.45) is 0 Å². The van der Waals surface area contributed by atoms with E-state index >= 15 is 0 Å². The van der Waals surface area contributed by atoms with Gasteiger partial charge in [-0.3, -0.25) is 4.79 Å². The molecule has 1 amide bonds. The summed E-state index contributed by atoms with van der Waals surface area (Å²) in [5.41, 5.74) is 0.168. The van der Waals surface area contributed by atoms with Gasteiger partial charge in [0.15, 0.2) is 6.61 Å². The van der Waals surface area contributed by atoms with E-state index in [0.717, 1.165) is 0 Å². The number of carbonyl (C=O) groups excluding carboxylic acids is 2. The highest BCUT2D eigenvalue weighted by Gasteiger charge is 2.22. The standard InChI is InChI=1S/C18H26N2O5S/c1-6-11-19-26(23,24)16-9-7-15(8-10-16)18(22)25-12-17(21)20(13(2)3)14(4)5/h6-10,13-14,19H,1,11-12H2,2-5H3. The van der Waals surface area contributed by atoms with E-state index in [0.29, 0.717) is 0 Å². The van der Waals surface area contributed by atoms with Crippen molar-refractivity contribution in [2.75, 3.05) is 13.2 Å². The SMILES string of the molecule is C=CCNS(=O)(=O)c1ccc(C(=O)OCC(=O)N(C(C)C)C(C)C)cc1. The number of benzene rings is 1. The molecule has 0 aromatic heterocycles. The maximum absolute atomic E-state index is 12.2. The number of rotatable bonds is 9. The Hall–Kier alpha value is -2.19. The number of hydrogen-bond acceptors (Lipinski definition) is 5. The summed E-state index contributed by atoms with van der Waals surface area (Å²) in [6.45, 7) is 10.7. The van der Waals surface area contributed by atoms with Gasteiger partial charge in [-0.05, 0) is 52.0 Å². The molecule has 8 heteroatoms. The molecule has 0 saturated carbocycles. The molecule has 0 fully saturated rings. The van der Waals surface area contributed by atoms with Gasteiger partial charge in [-0.2, -0.15) is 0 Å². The predicted octanol–water partition coefficient (Wildman–Crippen LogP) is 1.95. The zero-order valence-electron chi connectivity index (χ0n) is 15.6. The summed E-state index contributed by atoms with van der Waals surface area (Å²) in [5, 5.41) is 0. The van der Waals surface area contributed by atoms with E-state index < -0.39 is 16.0 Å². The summed E-state index contributed by atoms with van der Waals surface area (Å²) in [6, 6.07) is 5.29. The summed E-state index contributed by atoms with van der Waals surface area (Å²) >= 11 is 0. The van der Waals surface area contributed by atoms with Gasteiger partial charge in [0, 0.05) is 18.6 Å². The molecule has 1 aromatic carbocycles. The van der Waals surface area contributed by atoms with E-state index in [1.54, 1.807) is 4.90 Å². The number of amides is 1. The first-order chi connectivity index (χ1) is 12.1. The van der Waals surface area contributed by atoms with Crippen LogP contribution in [0.1, 0.15) is 38.1 Å². The molecule has 1 rings (SSSR count). The topological polar surface area (TPSA) is 92.8 Å². The monoisotopic (exact) mass is 382 g/mol. The van der Waals surface area contributed by atoms with E-state index in [2.05, 4.69) is 11.3 Å². The first kappa shape index (κ1) is 21.9. The van der Waals surface area contributed by atoms with Crippen LogP contribution in [0.25, 0.3) is 0 Å². The van der Waals surface area contributed by atoms with Gasteiger partial charge in [-0.1, -0.05) is 6.08 Å². The van der Waals surface area contributed by atoms with Crippen molar-refractivity contribution in [3.63, 3.8) is 0 Å². The molecule has 1 N–H and O–H groups in total. The van der Waals surface area contributed by atoms with Gasteiger partial charge >= 0.3 is 5.97 Å². The Balaban J connectivity index is 2.74. The second-order valence-corrected chi connectivity index (χ2v) is 8.00. The summed E-state index contributed by atoms with van der Waals surface area (Å²) in [6.07, 6.45) is 1.43. The van der Waals surface area contributed by atoms with Crippen molar-refractivity contribution >= 4 is 21.9 Å². The molecule has 26 heavy (non-hydrogen) atoms. The van der Waals surface area contributed by atoms with Gasteiger partial charge in [0.1, 0.15) is 0 Å². The van der Waals surface area contributed by atoms with Gasteiger partial charge in [0.05, 0.1) is 10.5 Å². The van der Waals surface area contributed by atoms with E-state index in [9.17, 15) is 18.0 Å². The summed E-state index contributed by atoms with van der Waals surface area (Å²) < 4.78 is 31.3. The third-order valence-electron chi connectivity index (χ3n) is 3.55. The molecule has 0 aliphatic rings. The molecule has 0 spiro atoms. The fourth-order valence-electron chi connectivity index (χ4n) is 2.48. The summed E-state index contributed by atoms with van der Waals surface area (Å²) in [4.78, 5) is 25.9. The lowest BCUT2D eigenvalue weighted by molar-refractivity contribution is -0.138. The molecule has 0 atom stereocenters. The van der Waals surface area contributed by atoms with Crippen molar-refractivity contribution in [3.05, 3.63) is 42.5 Å². The number of carbonyl (C=O) groups is 2. The Labute approximate surface area is 155 Å². The van der Waals surface area contributed by atoms with Gasteiger partial charge in [-0.25, -0.2) is 17.9 Å². The minimum absolute atomic E-state index is 0.00578. The molecule has 0 bridgehead atoms. The first-order valence-electron chi connectivity index (χ1n) is 8.29. The highest BCUT2D eigenvalue weighted by Crippen LogP contribution is 2.12. The van der Waals surface area contributed by atoms with Crippen molar-refractivity contribution in [2.45, 2.75) is 44.7 Å². The van der Waals surface area contributed by atoms with Crippen molar-refractivity contribution < 1.29 is 22.7 Å². The van der Waals surface area contributed by atoms with Crippen LogP contribution >= 0.6 is 0 Å². The zero-order valence-corrected chi connectivity index (χ0v) is 16.4. The second kappa shape index (κ2) is 9.49. The van der Waals surface area contributed by atoms with Crippen LogP contribution in [0.3, 0.4) is 0 Å². The number of hydrogen-bond donors (Lipinski definition) is 1. The average molecular weight is 382 g/mol. The number of ether oxygens (including phenoxy) is 1. The minimum Gasteiger partial charge on any atom is -0.452 e. The lowest BCUT2D eigenvalue weighted by Gasteiger charge is -2.30. The van der Waals surface area contributed by atoms with Gasteiger partial charge in [0.25, 0.3) is 5.91 Å². The molecule has 0 unspecified atom stereocenters. The largest absolute Gasteiger partial charge is 0.452 e. The van der Waals surface area contributed by atoms with Crippen molar-refractivity contribution in [3.8, 4) is 0 Å². The smallest absolute Gasteiger partial charge is 0.338 e. The quantitative estimate of drug-likeness (QED) is 0.520. The van der Waals surface area contributed by atoms with Gasteiger partial charge in [0.2, 0.25) is 10.0 Å². The van der Waals surface area contributed by atoms with E-state index in [4.69, 9.17) is 4.74 Å². The molecule has 0 saturated heterocycles. The fraction of sp³-hybridized carbons (Fsp3) is 0.444. The average Bonchev–Trinajstić information content (AvgIpc) is 2.57. The van der Waals surface area contributed by atoms with Crippen LogP contribution in [0.15, 0.2) is 41.8 Å². The molecular formula is C18H26N2O5S. The highest BCUT2D eigenvalue weighted by molar-refractivity contribution is 7.89. The molecule has 1 aromatic rings. The van der Waals surface area contributed by atoms with Crippen LogP contribution in [0, 0.1) is 0 Å². The van der Waals surface area contributed by atoms with Crippen LogP contribution in [0.2, 0.25) is 0 Å². The van der Waals surface area contributed by atoms with Crippen LogP contribution < -0.4 is 4.72 Å². The molecular weight excluding hydrogens is 356 g/mol. The predicted molar refractivity (Wildman–Crippen MR) is 99.2 cm³/mol. The highest BCUT2D eigenvalue weighted by atomic mass is 32.2. The number of esters is 1. The third kappa shape index (κ3) is 5.96. The third-order valence-corrected chi connectivity index (χ3v) is 4.98. The number of sulfonamides is 1. The molecule has 7 nitrogen and oxygen atoms in total. The minimum atomic E-state index is -3.66. The Morgan fingerprint density at radius 3 is 2.15 bits per heavy atom. The first-order valence-corrected chi connectivity index (χ1v) is 9.77. The molecule has 0 heterocycles. The number of nitrogens with zero attached hydrogens (tertiary/aromatic N) is 1. The molecule has 0 aliphatic heterocycles. The molecule has 0 aliphatic carbocycles. The normalized spacial score (nSPS) is 11.5. The van der Waals surface area contributed by atoms with Gasteiger partial charge in [-0.15, -0.1) is 6.58 Å².